The third kappa shape index (κ3) is 4.01. The van der Waals surface area contributed by atoms with Gasteiger partial charge in [0.1, 0.15) is 5.76 Å². The van der Waals surface area contributed by atoms with Gasteiger partial charge in [0, 0.05) is 31.0 Å². The summed E-state index contributed by atoms with van der Waals surface area (Å²) < 4.78 is 13.1. The largest absolute Gasteiger partial charge is 0.467 e. The summed E-state index contributed by atoms with van der Waals surface area (Å²) in [5.41, 5.74) is 2.76. The number of rotatable bonds is 6. The van der Waals surface area contributed by atoms with Crippen molar-refractivity contribution in [3.63, 3.8) is 0 Å². The number of hydrogen-bond acceptors (Lipinski definition) is 4. The average Bonchev–Trinajstić information content (AvgIpc) is 3.30. The second-order valence-electron chi connectivity index (χ2n) is 6.88. The molecule has 1 atom stereocenters. The number of furan rings is 1. The number of carbonyl (C=O) groups is 2. The van der Waals surface area contributed by atoms with Gasteiger partial charge in [0.25, 0.3) is 5.91 Å². The third-order valence-electron chi connectivity index (χ3n) is 4.68. The summed E-state index contributed by atoms with van der Waals surface area (Å²) in [6.07, 6.45) is 0.632. The standard InChI is InChI=1S/C22H24N2O4/c1-15-13-19(16(2)24(15)14-18-11-8-12-27-18)22(26)28-20(21(25)23(3)4)17-9-6-5-7-10-17/h5-13,20H,14H2,1-4H3/t20-/m0/s1. The Balaban J connectivity index is 1.87. The molecular weight excluding hydrogens is 356 g/mol. The van der Waals surface area contributed by atoms with Crippen LogP contribution in [-0.2, 0) is 16.1 Å². The lowest BCUT2D eigenvalue weighted by Crippen LogP contribution is -2.31. The first-order valence-corrected chi connectivity index (χ1v) is 9.04. The molecule has 0 N–H and O–H groups in total. The zero-order valence-corrected chi connectivity index (χ0v) is 16.5. The van der Waals surface area contributed by atoms with Crippen molar-refractivity contribution in [1.82, 2.24) is 9.47 Å². The summed E-state index contributed by atoms with van der Waals surface area (Å²) in [5, 5.41) is 0. The first-order valence-electron chi connectivity index (χ1n) is 9.04. The topological polar surface area (TPSA) is 64.7 Å². The van der Waals surface area contributed by atoms with E-state index in [1.807, 2.05) is 48.7 Å². The molecular formula is C22H24N2O4. The SMILES string of the molecule is Cc1cc(C(=O)O[C@H](C(=O)N(C)C)c2ccccc2)c(C)n1Cc1ccco1. The molecule has 0 fully saturated rings. The zero-order valence-electron chi connectivity index (χ0n) is 16.5. The van der Waals surface area contributed by atoms with Crippen LogP contribution in [0, 0.1) is 13.8 Å². The molecule has 0 radical (unpaired) electrons. The summed E-state index contributed by atoms with van der Waals surface area (Å²) in [5.74, 6) is -0.0153. The molecule has 0 aliphatic rings. The van der Waals surface area contributed by atoms with Crippen molar-refractivity contribution in [3.05, 3.63) is 83.1 Å². The van der Waals surface area contributed by atoms with E-state index >= 15 is 0 Å². The van der Waals surface area contributed by atoms with Gasteiger partial charge in [-0.2, -0.15) is 0 Å². The van der Waals surface area contributed by atoms with Crippen LogP contribution in [0.1, 0.15) is 39.2 Å². The number of carbonyl (C=O) groups excluding carboxylic acids is 2. The van der Waals surface area contributed by atoms with Crippen LogP contribution in [-0.4, -0.2) is 35.4 Å². The normalized spacial score (nSPS) is 11.9. The van der Waals surface area contributed by atoms with E-state index in [-0.39, 0.29) is 5.91 Å². The van der Waals surface area contributed by atoms with Crippen LogP contribution in [0.3, 0.4) is 0 Å². The molecule has 0 aliphatic heterocycles. The average molecular weight is 380 g/mol. The fraction of sp³-hybridized carbons (Fsp3) is 0.273. The number of esters is 1. The Morgan fingerprint density at radius 1 is 1.11 bits per heavy atom. The van der Waals surface area contributed by atoms with Gasteiger partial charge in [-0.1, -0.05) is 30.3 Å². The van der Waals surface area contributed by atoms with Crippen molar-refractivity contribution in [3.8, 4) is 0 Å². The van der Waals surface area contributed by atoms with Crippen LogP contribution in [0.25, 0.3) is 0 Å². The Bertz CT molecular complexity index is 956. The third-order valence-corrected chi connectivity index (χ3v) is 4.68. The summed E-state index contributed by atoms with van der Waals surface area (Å²) in [7, 11) is 3.28. The van der Waals surface area contributed by atoms with Crippen LogP contribution in [0.2, 0.25) is 0 Å². The predicted octanol–water partition coefficient (Wildman–Crippen LogP) is 3.73. The van der Waals surface area contributed by atoms with Gasteiger partial charge in [-0.15, -0.1) is 0 Å². The zero-order chi connectivity index (χ0) is 20.3. The summed E-state index contributed by atoms with van der Waals surface area (Å²) in [6, 6.07) is 14.5. The molecule has 1 aromatic carbocycles. The number of aromatic nitrogens is 1. The Hall–Kier alpha value is -3.28. The van der Waals surface area contributed by atoms with E-state index in [0.29, 0.717) is 17.7 Å². The van der Waals surface area contributed by atoms with Crippen molar-refractivity contribution >= 4 is 11.9 Å². The lowest BCUT2D eigenvalue weighted by atomic mass is 10.1. The minimum Gasteiger partial charge on any atom is -0.467 e. The summed E-state index contributed by atoms with van der Waals surface area (Å²) in [6.45, 7) is 4.31. The van der Waals surface area contributed by atoms with Gasteiger partial charge in [-0.25, -0.2) is 4.79 Å². The van der Waals surface area contributed by atoms with Crippen molar-refractivity contribution in [2.45, 2.75) is 26.5 Å². The van der Waals surface area contributed by atoms with Crippen LogP contribution >= 0.6 is 0 Å². The summed E-state index contributed by atoms with van der Waals surface area (Å²) in [4.78, 5) is 26.9. The van der Waals surface area contributed by atoms with Gasteiger partial charge < -0.3 is 18.6 Å². The molecule has 2 aromatic heterocycles. The molecule has 146 valence electrons. The van der Waals surface area contributed by atoms with E-state index in [4.69, 9.17) is 9.15 Å². The van der Waals surface area contributed by atoms with E-state index in [1.165, 1.54) is 4.90 Å². The molecule has 0 aliphatic carbocycles. The van der Waals surface area contributed by atoms with Crippen LogP contribution in [0.5, 0.6) is 0 Å². The molecule has 1 amide bonds. The molecule has 6 nitrogen and oxygen atoms in total. The molecule has 0 unspecified atom stereocenters. The highest BCUT2D eigenvalue weighted by molar-refractivity contribution is 5.94. The first-order chi connectivity index (χ1) is 13.4. The molecule has 3 rings (SSSR count). The first kappa shape index (κ1) is 19.5. The highest BCUT2D eigenvalue weighted by Gasteiger charge is 2.28. The predicted molar refractivity (Wildman–Crippen MR) is 105 cm³/mol. The second kappa shape index (κ2) is 8.17. The van der Waals surface area contributed by atoms with Crippen LogP contribution in [0.4, 0.5) is 0 Å². The van der Waals surface area contributed by atoms with Crippen molar-refractivity contribution in [2.24, 2.45) is 0 Å². The number of hydrogen-bond donors (Lipinski definition) is 0. The highest BCUT2D eigenvalue weighted by Crippen LogP contribution is 2.24. The number of ether oxygens (including phenoxy) is 1. The number of aryl methyl sites for hydroxylation is 1. The Morgan fingerprint density at radius 3 is 2.43 bits per heavy atom. The minimum atomic E-state index is -0.989. The maximum Gasteiger partial charge on any atom is 0.341 e. The van der Waals surface area contributed by atoms with Gasteiger partial charge >= 0.3 is 5.97 Å². The van der Waals surface area contributed by atoms with Crippen molar-refractivity contribution in [1.29, 1.82) is 0 Å². The fourth-order valence-corrected chi connectivity index (χ4v) is 3.10. The molecule has 3 aromatic rings. The van der Waals surface area contributed by atoms with Crippen LogP contribution in [0.15, 0.2) is 59.2 Å². The van der Waals surface area contributed by atoms with E-state index in [9.17, 15) is 9.59 Å². The Morgan fingerprint density at radius 2 is 1.82 bits per heavy atom. The molecule has 0 saturated heterocycles. The lowest BCUT2D eigenvalue weighted by molar-refractivity contribution is -0.138. The van der Waals surface area contributed by atoms with Gasteiger partial charge in [-0.3, -0.25) is 4.79 Å². The lowest BCUT2D eigenvalue weighted by Gasteiger charge is -2.21. The van der Waals surface area contributed by atoms with Gasteiger partial charge in [0.15, 0.2) is 0 Å². The van der Waals surface area contributed by atoms with Crippen molar-refractivity contribution < 1.29 is 18.7 Å². The Labute approximate surface area is 164 Å². The molecule has 0 bridgehead atoms. The Kier molecular flexibility index (Phi) is 5.68. The molecule has 28 heavy (non-hydrogen) atoms. The van der Waals surface area contributed by atoms with Gasteiger partial charge in [0.2, 0.25) is 6.10 Å². The number of likely N-dealkylation sites (N-methyl/N-ethyl adjacent to an activating group) is 1. The highest BCUT2D eigenvalue weighted by atomic mass is 16.5. The summed E-state index contributed by atoms with van der Waals surface area (Å²) >= 11 is 0. The molecule has 0 saturated carbocycles. The van der Waals surface area contributed by atoms with Crippen LogP contribution < -0.4 is 0 Å². The van der Waals surface area contributed by atoms with Gasteiger partial charge in [-0.05, 0) is 32.0 Å². The monoisotopic (exact) mass is 380 g/mol. The van der Waals surface area contributed by atoms with E-state index < -0.39 is 12.1 Å². The fourth-order valence-electron chi connectivity index (χ4n) is 3.10. The van der Waals surface area contributed by atoms with E-state index in [0.717, 1.165) is 17.1 Å². The molecule has 0 spiro atoms. The maximum absolute atomic E-state index is 12.9. The maximum atomic E-state index is 12.9. The van der Waals surface area contributed by atoms with E-state index in [1.54, 1.807) is 38.6 Å². The van der Waals surface area contributed by atoms with E-state index in [2.05, 4.69) is 0 Å². The van der Waals surface area contributed by atoms with Gasteiger partial charge in [0.05, 0.1) is 18.4 Å². The number of benzene rings is 1. The molecule has 2 heterocycles. The number of amides is 1. The molecule has 6 heteroatoms. The smallest absolute Gasteiger partial charge is 0.341 e. The van der Waals surface area contributed by atoms with Crippen molar-refractivity contribution in [2.75, 3.05) is 14.1 Å². The second-order valence-corrected chi connectivity index (χ2v) is 6.88. The quantitative estimate of drug-likeness (QED) is 0.611. The minimum absolute atomic E-state index is 0.288. The number of nitrogens with zero attached hydrogens (tertiary/aromatic N) is 2.